The number of benzene rings is 1. The van der Waals surface area contributed by atoms with Gasteiger partial charge >= 0.3 is 0 Å². The van der Waals surface area contributed by atoms with Crippen molar-refractivity contribution >= 4 is 11.8 Å². The fourth-order valence-corrected chi connectivity index (χ4v) is 3.07. The molecule has 0 saturated carbocycles. The van der Waals surface area contributed by atoms with Gasteiger partial charge in [-0.05, 0) is 50.2 Å². The minimum absolute atomic E-state index is 0.473. The lowest BCUT2D eigenvalue weighted by Gasteiger charge is -2.13. The predicted octanol–water partition coefficient (Wildman–Crippen LogP) is 4.05. The average Bonchev–Trinajstić information content (AvgIpc) is 2.37. The van der Waals surface area contributed by atoms with Crippen LogP contribution in [0.3, 0.4) is 0 Å². The van der Waals surface area contributed by atoms with Crippen molar-refractivity contribution in [3.63, 3.8) is 0 Å². The second kappa shape index (κ2) is 7.05. The van der Waals surface area contributed by atoms with Crippen molar-refractivity contribution < 1.29 is 0 Å². The monoisotopic (exact) mass is 301 g/mol. The summed E-state index contributed by atoms with van der Waals surface area (Å²) in [6, 6.07) is 9.02. The van der Waals surface area contributed by atoms with E-state index < -0.39 is 0 Å². The van der Waals surface area contributed by atoms with Crippen molar-refractivity contribution in [3.05, 3.63) is 46.8 Å². The molecule has 2 aromatic rings. The lowest BCUT2D eigenvalue weighted by Crippen LogP contribution is -2.22. The third-order valence-electron chi connectivity index (χ3n) is 3.08. The molecule has 0 fully saturated rings. The first-order chi connectivity index (χ1) is 9.94. The van der Waals surface area contributed by atoms with Crippen LogP contribution in [0.15, 0.2) is 34.3 Å². The highest BCUT2D eigenvalue weighted by molar-refractivity contribution is 7.99. The second-order valence-electron chi connectivity index (χ2n) is 5.68. The number of rotatable bonds is 5. The van der Waals surface area contributed by atoms with Crippen molar-refractivity contribution in [2.75, 3.05) is 0 Å². The average molecular weight is 301 g/mol. The molecule has 0 aliphatic carbocycles. The molecule has 0 spiro atoms. The van der Waals surface area contributed by atoms with E-state index in [1.165, 1.54) is 16.0 Å². The standard InChI is InChI=1S/C17H23N3S/c1-11(2)18-10-15-8-12(3)6-7-16(15)21-17-19-13(4)9-14(5)20-17/h6-9,11,18H,10H2,1-5H3. The number of hydrogen-bond acceptors (Lipinski definition) is 4. The maximum atomic E-state index is 4.52. The Morgan fingerprint density at radius 3 is 2.33 bits per heavy atom. The molecule has 1 heterocycles. The maximum absolute atomic E-state index is 4.52. The van der Waals surface area contributed by atoms with Gasteiger partial charge in [-0.15, -0.1) is 0 Å². The van der Waals surface area contributed by atoms with Crippen LogP contribution in [-0.2, 0) is 6.54 Å². The molecule has 21 heavy (non-hydrogen) atoms. The Bertz CT molecular complexity index is 603. The van der Waals surface area contributed by atoms with E-state index >= 15 is 0 Å². The highest BCUT2D eigenvalue weighted by atomic mass is 32.2. The molecule has 112 valence electrons. The molecule has 3 nitrogen and oxygen atoms in total. The van der Waals surface area contributed by atoms with Crippen LogP contribution in [0.4, 0.5) is 0 Å². The van der Waals surface area contributed by atoms with Gasteiger partial charge in [-0.2, -0.15) is 0 Å². The summed E-state index contributed by atoms with van der Waals surface area (Å²) in [5.74, 6) is 0. The Labute approximate surface area is 131 Å². The van der Waals surface area contributed by atoms with Crippen LogP contribution in [0.25, 0.3) is 0 Å². The summed E-state index contributed by atoms with van der Waals surface area (Å²) in [4.78, 5) is 10.3. The van der Waals surface area contributed by atoms with Gasteiger partial charge in [0.2, 0.25) is 0 Å². The van der Waals surface area contributed by atoms with Crippen LogP contribution in [0.1, 0.15) is 36.4 Å². The second-order valence-corrected chi connectivity index (χ2v) is 6.69. The van der Waals surface area contributed by atoms with Gasteiger partial charge in [0, 0.05) is 28.9 Å². The lowest BCUT2D eigenvalue weighted by molar-refractivity contribution is 0.584. The van der Waals surface area contributed by atoms with Crippen molar-refractivity contribution in [2.24, 2.45) is 0 Å². The lowest BCUT2D eigenvalue weighted by atomic mass is 10.1. The molecule has 0 unspecified atom stereocenters. The van der Waals surface area contributed by atoms with Crippen LogP contribution in [0, 0.1) is 20.8 Å². The Morgan fingerprint density at radius 1 is 1.05 bits per heavy atom. The number of nitrogens with zero attached hydrogens (tertiary/aromatic N) is 2. The summed E-state index contributed by atoms with van der Waals surface area (Å²) in [5.41, 5.74) is 4.61. The highest BCUT2D eigenvalue weighted by Crippen LogP contribution is 2.29. The zero-order chi connectivity index (χ0) is 15.4. The zero-order valence-corrected chi connectivity index (χ0v) is 14.2. The minimum atomic E-state index is 0.473. The fraction of sp³-hybridized carbons (Fsp3) is 0.412. The van der Waals surface area contributed by atoms with Gasteiger partial charge in [0.1, 0.15) is 0 Å². The molecule has 1 N–H and O–H groups in total. The van der Waals surface area contributed by atoms with Gasteiger partial charge in [0.15, 0.2) is 5.16 Å². The Balaban J connectivity index is 2.25. The van der Waals surface area contributed by atoms with E-state index in [0.717, 1.165) is 23.1 Å². The first-order valence-corrected chi connectivity index (χ1v) is 8.09. The zero-order valence-electron chi connectivity index (χ0n) is 13.4. The van der Waals surface area contributed by atoms with E-state index in [1.807, 2.05) is 19.9 Å². The van der Waals surface area contributed by atoms with E-state index in [-0.39, 0.29) is 0 Å². The van der Waals surface area contributed by atoms with Crippen LogP contribution in [-0.4, -0.2) is 16.0 Å². The summed E-state index contributed by atoms with van der Waals surface area (Å²) in [6.45, 7) is 11.3. The van der Waals surface area contributed by atoms with Crippen molar-refractivity contribution in [3.8, 4) is 0 Å². The predicted molar refractivity (Wildman–Crippen MR) is 88.8 cm³/mol. The third kappa shape index (κ3) is 4.83. The molecule has 0 bridgehead atoms. The molecular weight excluding hydrogens is 278 g/mol. The molecule has 2 rings (SSSR count). The largest absolute Gasteiger partial charge is 0.310 e. The smallest absolute Gasteiger partial charge is 0.192 e. The summed E-state index contributed by atoms with van der Waals surface area (Å²) in [6.07, 6.45) is 0. The Kier molecular flexibility index (Phi) is 5.37. The van der Waals surface area contributed by atoms with E-state index in [9.17, 15) is 0 Å². The van der Waals surface area contributed by atoms with E-state index in [4.69, 9.17) is 0 Å². The first kappa shape index (κ1) is 16.0. The quantitative estimate of drug-likeness (QED) is 0.845. The molecule has 0 aliphatic heterocycles. The van der Waals surface area contributed by atoms with Crippen molar-refractivity contribution in [1.29, 1.82) is 0 Å². The fourth-order valence-electron chi connectivity index (χ4n) is 2.10. The number of hydrogen-bond donors (Lipinski definition) is 1. The molecule has 0 aliphatic rings. The Hall–Kier alpha value is -1.39. The van der Waals surface area contributed by atoms with Crippen LogP contribution in [0.5, 0.6) is 0 Å². The van der Waals surface area contributed by atoms with Gasteiger partial charge in [-0.25, -0.2) is 9.97 Å². The van der Waals surface area contributed by atoms with Gasteiger partial charge < -0.3 is 5.32 Å². The van der Waals surface area contributed by atoms with E-state index in [1.54, 1.807) is 11.8 Å². The molecule has 1 aromatic carbocycles. The van der Waals surface area contributed by atoms with Gasteiger partial charge in [0.05, 0.1) is 0 Å². The Morgan fingerprint density at radius 2 is 1.71 bits per heavy atom. The van der Waals surface area contributed by atoms with Gasteiger partial charge in [0.25, 0.3) is 0 Å². The normalized spacial score (nSPS) is 11.1. The van der Waals surface area contributed by atoms with Crippen LogP contribution >= 0.6 is 11.8 Å². The molecular formula is C17H23N3S. The molecule has 4 heteroatoms. The summed E-state index contributed by atoms with van der Waals surface area (Å²) in [5, 5.41) is 4.31. The highest BCUT2D eigenvalue weighted by Gasteiger charge is 2.08. The molecule has 1 aromatic heterocycles. The maximum Gasteiger partial charge on any atom is 0.192 e. The molecule has 0 saturated heterocycles. The summed E-state index contributed by atoms with van der Waals surface area (Å²) < 4.78 is 0. The SMILES string of the molecule is Cc1ccc(Sc2nc(C)cc(C)n2)c(CNC(C)C)c1. The van der Waals surface area contributed by atoms with Crippen molar-refractivity contribution in [1.82, 2.24) is 15.3 Å². The number of aryl methyl sites for hydroxylation is 3. The molecule has 0 radical (unpaired) electrons. The first-order valence-electron chi connectivity index (χ1n) is 7.27. The van der Waals surface area contributed by atoms with E-state index in [2.05, 4.69) is 54.3 Å². The van der Waals surface area contributed by atoms with Gasteiger partial charge in [-0.1, -0.05) is 31.5 Å². The topological polar surface area (TPSA) is 37.8 Å². The van der Waals surface area contributed by atoms with Crippen molar-refractivity contribution in [2.45, 2.75) is 57.3 Å². The van der Waals surface area contributed by atoms with Crippen LogP contribution < -0.4 is 5.32 Å². The van der Waals surface area contributed by atoms with Crippen LogP contribution in [0.2, 0.25) is 0 Å². The number of aromatic nitrogens is 2. The molecule has 0 atom stereocenters. The minimum Gasteiger partial charge on any atom is -0.310 e. The van der Waals surface area contributed by atoms with Gasteiger partial charge in [-0.3, -0.25) is 0 Å². The third-order valence-corrected chi connectivity index (χ3v) is 4.06. The van der Waals surface area contributed by atoms with E-state index in [0.29, 0.717) is 6.04 Å². The number of nitrogens with one attached hydrogen (secondary N) is 1. The summed E-state index contributed by atoms with van der Waals surface area (Å²) >= 11 is 1.64. The molecule has 0 amide bonds. The summed E-state index contributed by atoms with van der Waals surface area (Å²) in [7, 11) is 0.